The molecule has 0 radical (unpaired) electrons. The van der Waals surface area contributed by atoms with Crippen LogP contribution in [0, 0.1) is 0 Å². The van der Waals surface area contributed by atoms with Crippen LogP contribution in [-0.4, -0.2) is 34.8 Å². The van der Waals surface area contributed by atoms with Crippen LogP contribution in [0.1, 0.15) is 19.8 Å². The van der Waals surface area contributed by atoms with Gasteiger partial charge in [-0.15, -0.1) is 0 Å². The zero-order chi connectivity index (χ0) is 11.1. The van der Waals surface area contributed by atoms with Crippen molar-refractivity contribution in [3.05, 3.63) is 16.9 Å². The molecular weight excluding hydrogens is 258 g/mol. The molecule has 0 amide bonds. The van der Waals surface area contributed by atoms with Crippen LogP contribution in [-0.2, 0) is 0 Å². The number of unbranched alkanes of at least 4 members (excludes halogenated alkanes) is 1. The maximum absolute atomic E-state index is 8.95. The van der Waals surface area contributed by atoms with Crippen molar-refractivity contribution in [1.82, 2.24) is 9.97 Å². The highest BCUT2D eigenvalue weighted by Crippen LogP contribution is 2.11. The van der Waals surface area contributed by atoms with Gasteiger partial charge in [0, 0.05) is 25.5 Å². The van der Waals surface area contributed by atoms with Gasteiger partial charge in [0.2, 0.25) is 5.95 Å². The smallest absolute Gasteiger partial charge is 0.225 e. The molecule has 1 aromatic heterocycles. The Morgan fingerprint density at radius 2 is 2.00 bits per heavy atom. The molecule has 15 heavy (non-hydrogen) atoms. The lowest BCUT2D eigenvalue weighted by Crippen LogP contribution is -2.29. The summed E-state index contributed by atoms with van der Waals surface area (Å²) in [6.45, 7) is 3.74. The number of anilines is 1. The lowest BCUT2D eigenvalue weighted by Gasteiger charge is -2.20. The minimum atomic E-state index is 0.128. The molecule has 0 fully saturated rings. The van der Waals surface area contributed by atoms with Crippen LogP contribution in [0.25, 0.3) is 0 Å². The molecule has 84 valence electrons. The Morgan fingerprint density at radius 1 is 1.33 bits per heavy atom. The van der Waals surface area contributed by atoms with Gasteiger partial charge in [-0.1, -0.05) is 13.3 Å². The Labute approximate surface area is 98.5 Å². The first-order valence-electron chi connectivity index (χ1n) is 5.11. The summed E-state index contributed by atoms with van der Waals surface area (Å²) in [6, 6.07) is 0. The molecule has 0 atom stereocenters. The number of aliphatic hydroxyl groups is 1. The molecule has 0 aliphatic heterocycles. The molecule has 0 aromatic carbocycles. The summed E-state index contributed by atoms with van der Waals surface area (Å²) in [5.74, 6) is 0.681. The summed E-state index contributed by atoms with van der Waals surface area (Å²) in [5.41, 5.74) is 0. The number of hydrogen-bond acceptors (Lipinski definition) is 4. The van der Waals surface area contributed by atoms with Gasteiger partial charge in [-0.25, -0.2) is 9.97 Å². The van der Waals surface area contributed by atoms with Gasteiger partial charge in [-0.05, 0) is 22.4 Å². The van der Waals surface area contributed by atoms with Crippen LogP contribution < -0.4 is 4.90 Å². The van der Waals surface area contributed by atoms with Crippen molar-refractivity contribution < 1.29 is 5.11 Å². The van der Waals surface area contributed by atoms with Crippen molar-refractivity contribution >= 4 is 21.9 Å². The molecular formula is C10H16BrN3O. The summed E-state index contributed by atoms with van der Waals surface area (Å²) >= 11 is 3.29. The number of halogens is 1. The van der Waals surface area contributed by atoms with Gasteiger partial charge < -0.3 is 10.0 Å². The molecule has 1 N–H and O–H groups in total. The molecule has 0 saturated heterocycles. The van der Waals surface area contributed by atoms with E-state index in [2.05, 4.69) is 32.8 Å². The highest BCUT2D eigenvalue weighted by atomic mass is 79.9. The summed E-state index contributed by atoms with van der Waals surface area (Å²) in [7, 11) is 0. The molecule has 0 spiro atoms. The first-order chi connectivity index (χ1) is 7.27. The Morgan fingerprint density at radius 3 is 2.53 bits per heavy atom. The van der Waals surface area contributed by atoms with E-state index in [1.54, 1.807) is 12.4 Å². The average molecular weight is 274 g/mol. The third kappa shape index (κ3) is 4.13. The van der Waals surface area contributed by atoms with E-state index in [9.17, 15) is 0 Å². The molecule has 1 rings (SSSR count). The van der Waals surface area contributed by atoms with Gasteiger partial charge >= 0.3 is 0 Å². The summed E-state index contributed by atoms with van der Waals surface area (Å²) in [4.78, 5) is 10.4. The number of hydrogen-bond donors (Lipinski definition) is 1. The highest BCUT2D eigenvalue weighted by Gasteiger charge is 2.07. The lowest BCUT2D eigenvalue weighted by molar-refractivity contribution is 0.301. The molecule has 4 nitrogen and oxygen atoms in total. The molecule has 0 aliphatic carbocycles. The standard InChI is InChI=1S/C10H16BrN3O/c1-2-3-4-14(5-6-15)10-12-7-9(11)8-13-10/h7-8,15H,2-6H2,1H3. The van der Waals surface area contributed by atoms with E-state index in [0.717, 1.165) is 23.9 Å². The predicted molar refractivity (Wildman–Crippen MR) is 63.9 cm³/mol. The zero-order valence-electron chi connectivity index (χ0n) is 8.86. The van der Waals surface area contributed by atoms with Crippen LogP contribution in [0.4, 0.5) is 5.95 Å². The number of rotatable bonds is 6. The summed E-state index contributed by atoms with van der Waals surface area (Å²) in [5, 5.41) is 8.95. The minimum Gasteiger partial charge on any atom is -0.395 e. The topological polar surface area (TPSA) is 49.2 Å². The fourth-order valence-electron chi connectivity index (χ4n) is 1.25. The van der Waals surface area contributed by atoms with Gasteiger partial charge in [0.1, 0.15) is 0 Å². The molecule has 1 heterocycles. The van der Waals surface area contributed by atoms with Crippen molar-refractivity contribution in [2.75, 3.05) is 24.6 Å². The molecule has 0 unspecified atom stereocenters. The second kappa shape index (κ2) is 6.74. The summed E-state index contributed by atoms with van der Waals surface area (Å²) < 4.78 is 0.866. The Bertz CT molecular complexity index is 279. The first-order valence-corrected chi connectivity index (χ1v) is 5.90. The third-order valence-corrected chi connectivity index (χ3v) is 2.45. The van der Waals surface area contributed by atoms with Crippen LogP contribution in [0.2, 0.25) is 0 Å². The number of aromatic nitrogens is 2. The van der Waals surface area contributed by atoms with E-state index in [-0.39, 0.29) is 6.61 Å². The van der Waals surface area contributed by atoms with E-state index < -0.39 is 0 Å². The van der Waals surface area contributed by atoms with Gasteiger partial charge in [0.15, 0.2) is 0 Å². The molecule has 0 saturated carbocycles. The zero-order valence-corrected chi connectivity index (χ0v) is 10.4. The minimum absolute atomic E-state index is 0.128. The van der Waals surface area contributed by atoms with E-state index in [0.29, 0.717) is 12.5 Å². The Kier molecular flexibility index (Phi) is 5.57. The van der Waals surface area contributed by atoms with Crippen molar-refractivity contribution in [2.45, 2.75) is 19.8 Å². The Balaban J connectivity index is 2.65. The maximum atomic E-state index is 8.95. The van der Waals surface area contributed by atoms with Crippen molar-refractivity contribution in [2.24, 2.45) is 0 Å². The molecule has 0 aliphatic rings. The second-order valence-electron chi connectivity index (χ2n) is 3.27. The monoisotopic (exact) mass is 273 g/mol. The number of nitrogens with zero attached hydrogens (tertiary/aromatic N) is 3. The quantitative estimate of drug-likeness (QED) is 0.860. The Hall–Kier alpha value is -0.680. The van der Waals surface area contributed by atoms with E-state index in [1.165, 1.54) is 0 Å². The van der Waals surface area contributed by atoms with E-state index >= 15 is 0 Å². The van der Waals surface area contributed by atoms with Crippen LogP contribution in [0.5, 0.6) is 0 Å². The van der Waals surface area contributed by atoms with Crippen LogP contribution in [0.3, 0.4) is 0 Å². The second-order valence-corrected chi connectivity index (χ2v) is 4.18. The van der Waals surface area contributed by atoms with Gasteiger partial charge in [-0.2, -0.15) is 0 Å². The highest BCUT2D eigenvalue weighted by molar-refractivity contribution is 9.10. The average Bonchev–Trinajstić information content (AvgIpc) is 2.25. The van der Waals surface area contributed by atoms with Gasteiger partial charge in [0.05, 0.1) is 11.1 Å². The normalized spacial score (nSPS) is 10.3. The van der Waals surface area contributed by atoms with Crippen LogP contribution >= 0.6 is 15.9 Å². The predicted octanol–water partition coefficient (Wildman–Crippen LogP) is 1.84. The largest absolute Gasteiger partial charge is 0.395 e. The maximum Gasteiger partial charge on any atom is 0.225 e. The van der Waals surface area contributed by atoms with E-state index in [1.807, 2.05) is 4.90 Å². The van der Waals surface area contributed by atoms with Gasteiger partial charge in [0.25, 0.3) is 0 Å². The first kappa shape index (κ1) is 12.4. The number of aliphatic hydroxyl groups excluding tert-OH is 1. The van der Waals surface area contributed by atoms with E-state index in [4.69, 9.17) is 5.11 Å². The summed E-state index contributed by atoms with van der Waals surface area (Å²) in [6.07, 6.45) is 5.65. The SMILES string of the molecule is CCCCN(CCO)c1ncc(Br)cn1. The van der Waals surface area contributed by atoms with Crippen LogP contribution in [0.15, 0.2) is 16.9 Å². The third-order valence-electron chi connectivity index (χ3n) is 2.04. The molecule has 5 heteroatoms. The fourth-order valence-corrected chi connectivity index (χ4v) is 1.46. The van der Waals surface area contributed by atoms with Crippen molar-refractivity contribution in [1.29, 1.82) is 0 Å². The van der Waals surface area contributed by atoms with Crippen molar-refractivity contribution in [3.8, 4) is 0 Å². The van der Waals surface area contributed by atoms with Gasteiger partial charge in [-0.3, -0.25) is 0 Å². The molecule has 0 bridgehead atoms. The lowest BCUT2D eigenvalue weighted by atomic mass is 10.3. The van der Waals surface area contributed by atoms with Crippen molar-refractivity contribution in [3.63, 3.8) is 0 Å². The molecule has 1 aromatic rings. The fraction of sp³-hybridized carbons (Fsp3) is 0.600.